The Labute approximate surface area is 140 Å². The van der Waals surface area contributed by atoms with E-state index in [0.717, 1.165) is 18.2 Å². The highest BCUT2D eigenvalue weighted by molar-refractivity contribution is 5.75. The Hall–Kier alpha value is -1.67. The number of carbonyl (C=O) groups is 1. The minimum Gasteiger partial charge on any atom is -0.467 e. The number of esters is 1. The lowest BCUT2D eigenvalue weighted by molar-refractivity contribution is -0.272. The maximum atomic E-state index is 11.7. The van der Waals surface area contributed by atoms with E-state index in [2.05, 4.69) is 4.74 Å². The van der Waals surface area contributed by atoms with Crippen LogP contribution in [0, 0.1) is 6.92 Å². The monoisotopic (exact) mass is 340 g/mol. The van der Waals surface area contributed by atoms with E-state index in [0.29, 0.717) is 5.75 Å². The third kappa shape index (κ3) is 3.70. The second kappa shape index (κ2) is 7.48. The summed E-state index contributed by atoms with van der Waals surface area (Å²) in [6.45, 7) is 5.88. The molecule has 2 rings (SSSR count). The zero-order chi connectivity index (χ0) is 18.0. The quantitative estimate of drug-likeness (QED) is 0.685. The fraction of sp³-hybridized carbons (Fsp3) is 0.588. The van der Waals surface area contributed by atoms with Crippen molar-refractivity contribution in [3.63, 3.8) is 0 Å². The Bertz CT molecular complexity index is 586. The van der Waals surface area contributed by atoms with Crippen LogP contribution in [0.5, 0.6) is 5.75 Å². The minimum atomic E-state index is -1.60. The molecule has 0 bridgehead atoms. The van der Waals surface area contributed by atoms with Crippen LogP contribution in [-0.4, -0.2) is 59.1 Å². The maximum absolute atomic E-state index is 11.7. The van der Waals surface area contributed by atoms with Gasteiger partial charge in [0.2, 0.25) is 6.29 Å². The fourth-order valence-electron chi connectivity index (χ4n) is 2.60. The van der Waals surface area contributed by atoms with Gasteiger partial charge in [-0.05, 0) is 30.0 Å². The van der Waals surface area contributed by atoms with Crippen molar-refractivity contribution in [2.45, 2.75) is 57.4 Å². The lowest BCUT2D eigenvalue weighted by Crippen LogP contribution is -2.61. The van der Waals surface area contributed by atoms with Crippen LogP contribution in [0.4, 0.5) is 0 Å². The Balaban J connectivity index is 2.28. The number of carbonyl (C=O) groups excluding carboxylic acids is 1. The van der Waals surface area contributed by atoms with Gasteiger partial charge in [-0.1, -0.05) is 26.0 Å². The molecule has 0 unspecified atom stereocenters. The molecule has 0 aliphatic carbocycles. The van der Waals surface area contributed by atoms with Gasteiger partial charge in [-0.2, -0.15) is 0 Å². The summed E-state index contributed by atoms with van der Waals surface area (Å²) in [5, 5.41) is 30.0. The second-order valence-electron chi connectivity index (χ2n) is 6.23. The molecule has 3 N–H and O–H groups in total. The standard InChI is InChI=1S/C17H24O7/c1-8(2)10-6-5-9(3)7-11(10)23-17-14(20)12(18)13(19)15(24-17)16(21)22-4/h5-8,12-15,17-20H,1-4H3/t12-,13-,14+,15-,17+/m0/s1. The number of rotatable bonds is 4. The molecule has 1 aromatic carbocycles. The maximum Gasteiger partial charge on any atom is 0.337 e. The molecule has 0 spiro atoms. The number of hydrogen-bond acceptors (Lipinski definition) is 7. The van der Waals surface area contributed by atoms with Crippen LogP contribution in [0.15, 0.2) is 18.2 Å². The van der Waals surface area contributed by atoms with E-state index in [4.69, 9.17) is 9.47 Å². The van der Waals surface area contributed by atoms with Crippen LogP contribution >= 0.6 is 0 Å². The van der Waals surface area contributed by atoms with Gasteiger partial charge < -0.3 is 29.5 Å². The first-order chi connectivity index (χ1) is 11.3. The highest BCUT2D eigenvalue weighted by atomic mass is 16.7. The highest BCUT2D eigenvalue weighted by Crippen LogP contribution is 2.31. The summed E-state index contributed by atoms with van der Waals surface area (Å²) in [5.74, 6) is -0.204. The Kier molecular flexibility index (Phi) is 5.82. The SMILES string of the molecule is COC(=O)[C@H]1O[C@@H](Oc2cc(C)ccc2C(C)C)[C@H](O)[C@@H](O)[C@@H]1O. The van der Waals surface area contributed by atoms with Gasteiger partial charge in [0.15, 0.2) is 6.10 Å². The first kappa shape index (κ1) is 18.7. The fourth-order valence-corrected chi connectivity index (χ4v) is 2.60. The summed E-state index contributed by atoms with van der Waals surface area (Å²) < 4.78 is 15.6. The van der Waals surface area contributed by atoms with Crippen LogP contribution in [0.3, 0.4) is 0 Å². The van der Waals surface area contributed by atoms with E-state index in [-0.39, 0.29) is 5.92 Å². The normalized spacial score (nSPS) is 30.2. The second-order valence-corrected chi connectivity index (χ2v) is 6.23. The van der Waals surface area contributed by atoms with Crippen molar-refractivity contribution in [1.29, 1.82) is 0 Å². The lowest BCUT2D eigenvalue weighted by atomic mass is 9.98. The third-order valence-electron chi connectivity index (χ3n) is 4.04. The van der Waals surface area contributed by atoms with Crippen LogP contribution < -0.4 is 4.74 Å². The van der Waals surface area contributed by atoms with Crippen LogP contribution in [0.1, 0.15) is 30.9 Å². The number of aliphatic hydroxyl groups is 3. The zero-order valence-corrected chi connectivity index (χ0v) is 14.2. The molecule has 1 aromatic rings. The van der Waals surface area contributed by atoms with E-state index >= 15 is 0 Å². The molecule has 1 fully saturated rings. The first-order valence-electron chi connectivity index (χ1n) is 7.81. The number of hydrogen-bond donors (Lipinski definition) is 3. The summed E-state index contributed by atoms with van der Waals surface area (Å²) in [7, 11) is 1.14. The van der Waals surface area contributed by atoms with Gasteiger partial charge >= 0.3 is 5.97 Å². The summed E-state index contributed by atoms with van der Waals surface area (Å²) in [6.07, 6.45) is -7.46. The summed E-state index contributed by atoms with van der Waals surface area (Å²) in [5.41, 5.74) is 1.84. The number of aryl methyl sites for hydroxylation is 1. The molecular weight excluding hydrogens is 316 g/mol. The number of ether oxygens (including phenoxy) is 3. The number of aliphatic hydroxyl groups excluding tert-OH is 3. The number of methoxy groups -OCH3 is 1. The third-order valence-corrected chi connectivity index (χ3v) is 4.04. The van der Waals surface area contributed by atoms with Gasteiger partial charge in [0.25, 0.3) is 0 Å². The van der Waals surface area contributed by atoms with Gasteiger partial charge in [-0.25, -0.2) is 4.79 Å². The van der Waals surface area contributed by atoms with Crippen molar-refractivity contribution in [2.24, 2.45) is 0 Å². The van der Waals surface area contributed by atoms with Gasteiger partial charge in [0, 0.05) is 0 Å². The average molecular weight is 340 g/mol. The molecule has 0 amide bonds. The van der Waals surface area contributed by atoms with Crippen LogP contribution in [-0.2, 0) is 14.3 Å². The molecule has 24 heavy (non-hydrogen) atoms. The van der Waals surface area contributed by atoms with Crippen molar-refractivity contribution >= 4 is 5.97 Å². The molecule has 0 saturated carbocycles. The predicted octanol–water partition coefficient (Wildman–Crippen LogP) is 0.478. The smallest absolute Gasteiger partial charge is 0.337 e. The Morgan fingerprint density at radius 2 is 1.83 bits per heavy atom. The van der Waals surface area contributed by atoms with Crippen molar-refractivity contribution in [2.75, 3.05) is 7.11 Å². The van der Waals surface area contributed by atoms with Crippen LogP contribution in [0.2, 0.25) is 0 Å². The van der Waals surface area contributed by atoms with Crippen molar-refractivity contribution in [1.82, 2.24) is 0 Å². The van der Waals surface area contributed by atoms with Crippen molar-refractivity contribution < 1.29 is 34.3 Å². The molecule has 0 aromatic heterocycles. The highest BCUT2D eigenvalue weighted by Gasteiger charge is 2.48. The molecule has 1 saturated heterocycles. The first-order valence-corrected chi connectivity index (χ1v) is 7.81. The van der Waals surface area contributed by atoms with E-state index < -0.39 is 36.7 Å². The van der Waals surface area contributed by atoms with E-state index in [1.165, 1.54) is 0 Å². The molecule has 134 valence electrons. The molecule has 0 radical (unpaired) electrons. The topological polar surface area (TPSA) is 105 Å². The van der Waals surface area contributed by atoms with E-state index in [9.17, 15) is 20.1 Å². The average Bonchev–Trinajstić information content (AvgIpc) is 2.54. The Morgan fingerprint density at radius 1 is 1.17 bits per heavy atom. The largest absolute Gasteiger partial charge is 0.467 e. The van der Waals surface area contributed by atoms with Crippen molar-refractivity contribution in [3.05, 3.63) is 29.3 Å². The van der Waals surface area contributed by atoms with Gasteiger partial charge in [-0.15, -0.1) is 0 Å². The molecule has 1 aliphatic heterocycles. The van der Waals surface area contributed by atoms with Crippen LogP contribution in [0.25, 0.3) is 0 Å². The van der Waals surface area contributed by atoms with Gasteiger partial charge in [0.1, 0.15) is 24.1 Å². The predicted molar refractivity (Wildman–Crippen MR) is 84.6 cm³/mol. The minimum absolute atomic E-state index is 0.160. The Morgan fingerprint density at radius 3 is 2.42 bits per heavy atom. The van der Waals surface area contributed by atoms with Gasteiger partial charge in [0.05, 0.1) is 7.11 Å². The molecule has 1 heterocycles. The van der Waals surface area contributed by atoms with E-state index in [1.807, 2.05) is 32.9 Å². The molecule has 1 aliphatic rings. The molecule has 7 heteroatoms. The van der Waals surface area contributed by atoms with E-state index in [1.54, 1.807) is 6.07 Å². The summed E-state index contributed by atoms with van der Waals surface area (Å²) in [4.78, 5) is 11.7. The molecule has 7 nitrogen and oxygen atoms in total. The van der Waals surface area contributed by atoms with Crippen molar-refractivity contribution in [3.8, 4) is 5.75 Å². The summed E-state index contributed by atoms with van der Waals surface area (Å²) >= 11 is 0. The zero-order valence-electron chi connectivity index (χ0n) is 14.2. The molecular formula is C17H24O7. The lowest BCUT2D eigenvalue weighted by Gasteiger charge is -2.39. The van der Waals surface area contributed by atoms with Gasteiger partial charge in [-0.3, -0.25) is 0 Å². The molecule has 5 atom stereocenters. The number of benzene rings is 1. The summed E-state index contributed by atoms with van der Waals surface area (Å²) in [6, 6.07) is 5.64.